The van der Waals surface area contributed by atoms with Crippen LogP contribution in [0, 0.1) is 17.2 Å². The predicted molar refractivity (Wildman–Crippen MR) is 82.2 cm³/mol. The van der Waals surface area contributed by atoms with Crippen LogP contribution < -0.4 is 5.32 Å². The van der Waals surface area contributed by atoms with E-state index in [1.54, 1.807) is 0 Å². The van der Waals surface area contributed by atoms with E-state index < -0.39 is 0 Å². The average molecular weight is 322 g/mol. The van der Waals surface area contributed by atoms with Gasteiger partial charge < -0.3 is 10.2 Å². The van der Waals surface area contributed by atoms with Gasteiger partial charge in [0.05, 0.1) is 11.6 Å². The Morgan fingerprint density at radius 1 is 1.53 bits per heavy atom. The highest BCUT2D eigenvalue weighted by Gasteiger charge is 2.23. The van der Waals surface area contributed by atoms with Crippen molar-refractivity contribution in [2.75, 3.05) is 25.5 Å². The molecule has 1 heterocycles. The van der Waals surface area contributed by atoms with Gasteiger partial charge in [-0.15, -0.1) is 0 Å². The molecule has 102 valence electrons. The zero-order valence-electron chi connectivity index (χ0n) is 11.5. The third-order valence-corrected chi connectivity index (χ3v) is 4.51. The molecule has 0 aliphatic carbocycles. The Labute approximate surface area is 123 Å². The zero-order chi connectivity index (χ0) is 13.8. The number of likely N-dealkylation sites (tertiary alicyclic amines) is 1. The summed E-state index contributed by atoms with van der Waals surface area (Å²) in [4.78, 5) is 2.40. The number of benzene rings is 1. The van der Waals surface area contributed by atoms with Gasteiger partial charge in [-0.2, -0.15) is 5.26 Å². The molecule has 2 rings (SSSR count). The van der Waals surface area contributed by atoms with E-state index in [1.165, 1.54) is 19.4 Å². The Morgan fingerprint density at radius 3 is 2.95 bits per heavy atom. The fourth-order valence-electron chi connectivity index (χ4n) is 2.68. The van der Waals surface area contributed by atoms with E-state index in [2.05, 4.69) is 46.2 Å². The van der Waals surface area contributed by atoms with Crippen molar-refractivity contribution in [3.63, 3.8) is 0 Å². The standard InChI is InChI=1S/C15H20BrN3/c1-11(13-4-3-7-19(2)10-13)18-15-6-5-12(9-17)8-14(15)16/h5-6,8,11,13,18H,3-4,7,10H2,1-2H3. The molecule has 1 saturated heterocycles. The molecule has 0 saturated carbocycles. The number of rotatable bonds is 3. The van der Waals surface area contributed by atoms with Crippen LogP contribution in [0.4, 0.5) is 5.69 Å². The molecule has 1 aliphatic heterocycles. The molecule has 1 aromatic rings. The molecular weight excluding hydrogens is 302 g/mol. The van der Waals surface area contributed by atoms with Crippen molar-refractivity contribution < 1.29 is 0 Å². The van der Waals surface area contributed by atoms with E-state index >= 15 is 0 Å². The Kier molecular flexibility index (Phi) is 4.84. The minimum absolute atomic E-state index is 0.437. The lowest BCUT2D eigenvalue weighted by Crippen LogP contribution is -2.39. The topological polar surface area (TPSA) is 39.1 Å². The minimum atomic E-state index is 0.437. The quantitative estimate of drug-likeness (QED) is 0.926. The summed E-state index contributed by atoms with van der Waals surface area (Å²) in [5.74, 6) is 0.682. The molecule has 1 aromatic carbocycles. The Morgan fingerprint density at radius 2 is 2.32 bits per heavy atom. The van der Waals surface area contributed by atoms with Crippen LogP contribution in [0.1, 0.15) is 25.3 Å². The molecule has 1 N–H and O–H groups in total. The Hall–Kier alpha value is -1.05. The second-order valence-corrected chi connectivity index (χ2v) is 6.26. The van der Waals surface area contributed by atoms with Gasteiger partial charge >= 0.3 is 0 Å². The maximum Gasteiger partial charge on any atom is 0.0992 e. The third-order valence-electron chi connectivity index (χ3n) is 3.85. The van der Waals surface area contributed by atoms with Gasteiger partial charge in [0.1, 0.15) is 0 Å². The molecule has 0 aromatic heterocycles. The number of hydrogen-bond donors (Lipinski definition) is 1. The smallest absolute Gasteiger partial charge is 0.0992 e. The molecule has 1 aliphatic rings. The summed E-state index contributed by atoms with van der Waals surface area (Å²) in [6.45, 7) is 4.61. The molecule has 0 bridgehead atoms. The number of hydrogen-bond acceptors (Lipinski definition) is 3. The molecule has 19 heavy (non-hydrogen) atoms. The summed E-state index contributed by atoms with van der Waals surface area (Å²) in [7, 11) is 2.19. The van der Waals surface area contributed by atoms with Crippen molar-refractivity contribution in [3.05, 3.63) is 28.2 Å². The van der Waals surface area contributed by atoms with Crippen molar-refractivity contribution in [1.82, 2.24) is 4.90 Å². The summed E-state index contributed by atoms with van der Waals surface area (Å²) >= 11 is 3.53. The van der Waals surface area contributed by atoms with Crippen molar-refractivity contribution in [2.24, 2.45) is 5.92 Å². The van der Waals surface area contributed by atoms with Crippen molar-refractivity contribution in [2.45, 2.75) is 25.8 Å². The van der Waals surface area contributed by atoms with E-state index in [9.17, 15) is 0 Å². The minimum Gasteiger partial charge on any atom is -0.381 e. The van der Waals surface area contributed by atoms with E-state index in [4.69, 9.17) is 5.26 Å². The third kappa shape index (κ3) is 3.71. The molecule has 2 atom stereocenters. The number of halogens is 1. The Bertz CT molecular complexity index is 481. The van der Waals surface area contributed by atoms with Crippen LogP contribution in [0.3, 0.4) is 0 Å². The van der Waals surface area contributed by atoms with Crippen LogP contribution in [-0.4, -0.2) is 31.1 Å². The lowest BCUT2D eigenvalue weighted by atomic mass is 9.91. The summed E-state index contributed by atoms with van der Waals surface area (Å²) in [5.41, 5.74) is 1.75. The van der Waals surface area contributed by atoms with Gasteiger partial charge in [0.25, 0.3) is 0 Å². The van der Waals surface area contributed by atoms with Gasteiger partial charge in [-0.3, -0.25) is 0 Å². The van der Waals surface area contributed by atoms with Gasteiger partial charge in [0.2, 0.25) is 0 Å². The van der Waals surface area contributed by atoms with Gasteiger partial charge in [0, 0.05) is 22.7 Å². The number of nitrogens with zero attached hydrogens (tertiary/aromatic N) is 2. The van der Waals surface area contributed by atoms with Crippen LogP contribution in [0.15, 0.2) is 22.7 Å². The molecule has 0 radical (unpaired) electrons. The average Bonchev–Trinajstić information content (AvgIpc) is 2.41. The van der Waals surface area contributed by atoms with E-state index in [0.717, 1.165) is 16.7 Å². The first kappa shape index (κ1) is 14.4. The van der Waals surface area contributed by atoms with Gasteiger partial charge in [-0.25, -0.2) is 0 Å². The number of anilines is 1. The van der Waals surface area contributed by atoms with Gasteiger partial charge in [-0.1, -0.05) is 0 Å². The normalized spacial score (nSPS) is 21.7. The largest absolute Gasteiger partial charge is 0.381 e. The number of nitriles is 1. The molecule has 4 heteroatoms. The summed E-state index contributed by atoms with van der Waals surface area (Å²) < 4.78 is 0.961. The van der Waals surface area contributed by atoms with E-state index in [0.29, 0.717) is 17.5 Å². The highest BCUT2D eigenvalue weighted by molar-refractivity contribution is 9.10. The van der Waals surface area contributed by atoms with Crippen molar-refractivity contribution >= 4 is 21.6 Å². The summed E-state index contributed by atoms with van der Waals surface area (Å²) in [6.07, 6.45) is 2.56. The summed E-state index contributed by atoms with van der Waals surface area (Å²) in [5, 5.41) is 12.4. The fourth-order valence-corrected chi connectivity index (χ4v) is 3.17. The SMILES string of the molecule is CC(Nc1ccc(C#N)cc1Br)C1CCCN(C)C1. The lowest BCUT2D eigenvalue weighted by molar-refractivity contribution is 0.197. The summed E-state index contributed by atoms with van der Waals surface area (Å²) in [6, 6.07) is 8.29. The first-order chi connectivity index (χ1) is 9.10. The van der Waals surface area contributed by atoms with Crippen LogP contribution in [0.25, 0.3) is 0 Å². The van der Waals surface area contributed by atoms with Crippen LogP contribution in [-0.2, 0) is 0 Å². The van der Waals surface area contributed by atoms with Crippen molar-refractivity contribution in [1.29, 1.82) is 5.26 Å². The molecule has 2 unspecified atom stereocenters. The first-order valence-electron chi connectivity index (χ1n) is 6.75. The van der Waals surface area contributed by atoms with Crippen LogP contribution >= 0.6 is 15.9 Å². The number of piperidine rings is 1. The van der Waals surface area contributed by atoms with E-state index in [-0.39, 0.29) is 0 Å². The highest BCUT2D eigenvalue weighted by Crippen LogP contribution is 2.27. The van der Waals surface area contributed by atoms with Crippen LogP contribution in [0.5, 0.6) is 0 Å². The first-order valence-corrected chi connectivity index (χ1v) is 7.54. The molecule has 0 spiro atoms. The maximum absolute atomic E-state index is 8.87. The predicted octanol–water partition coefficient (Wildman–Crippen LogP) is 3.46. The second kappa shape index (κ2) is 6.40. The Balaban J connectivity index is 2.02. The van der Waals surface area contributed by atoms with Crippen LogP contribution in [0.2, 0.25) is 0 Å². The molecule has 1 fully saturated rings. The van der Waals surface area contributed by atoms with E-state index in [1.807, 2.05) is 18.2 Å². The monoisotopic (exact) mass is 321 g/mol. The van der Waals surface area contributed by atoms with Gasteiger partial charge in [-0.05, 0) is 73.4 Å². The maximum atomic E-state index is 8.87. The molecular formula is C15H20BrN3. The molecule has 3 nitrogen and oxygen atoms in total. The number of nitrogens with one attached hydrogen (secondary N) is 1. The highest BCUT2D eigenvalue weighted by atomic mass is 79.9. The molecule has 0 amide bonds. The second-order valence-electron chi connectivity index (χ2n) is 5.40. The zero-order valence-corrected chi connectivity index (χ0v) is 13.1. The van der Waals surface area contributed by atoms with Crippen molar-refractivity contribution in [3.8, 4) is 6.07 Å². The lowest BCUT2D eigenvalue weighted by Gasteiger charge is -2.34. The van der Waals surface area contributed by atoms with Gasteiger partial charge in [0.15, 0.2) is 0 Å². The fraction of sp³-hybridized carbons (Fsp3) is 0.533.